The number of carbonyl (C=O) groups excluding carboxylic acids is 2. The molecule has 0 aliphatic carbocycles. The zero-order valence-electron chi connectivity index (χ0n) is 42.1. The Labute approximate surface area is 403 Å². The molecule has 370 valence electrons. The zero-order valence-corrected chi connectivity index (χ0v) is 42.1. The van der Waals surface area contributed by atoms with Crippen LogP contribution in [0.1, 0.15) is 162 Å². The number of carboxylic acids is 1. The van der Waals surface area contributed by atoms with Gasteiger partial charge in [0.2, 0.25) is 0 Å². The van der Waals surface area contributed by atoms with Gasteiger partial charge in [-0.25, -0.2) is 4.79 Å². The number of unbranched alkanes of at least 4 members (excludes halogenated alkanes) is 7. The summed E-state index contributed by atoms with van der Waals surface area (Å²) < 4.78 is 17.3. The minimum atomic E-state index is -0.892. The van der Waals surface area contributed by atoms with Crippen LogP contribution in [0.15, 0.2) is 134 Å². The third kappa shape index (κ3) is 44.7. The number of likely N-dealkylation sites (N-methyl/N-ethyl adjacent to an activating group) is 1. The van der Waals surface area contributed by atoms with E-state index in [1.54, 1.807) is 0 Å². The zero-order chi connectivity index (χ0) is 48.4. The Bertz CT molecular complexity index is 1530. The average Bonchev–Trinajstić information content (AvgIpc) is 3.28. The molecule has 0 fully saturated rings. The normalized spacial score (nSPS) is 14.0. The van der Waals surface area contributed by atoms with Crippen molar-refractivity contribution in [2.24, 2.45) is 0 Å². The molecule has 1 N–H and O–H groups in total. The molecule has 0 heterocycles. The molecule has 2 unspecified atom stereocenters. The molecule has 0 aliphatic rings. The smallest absolute Gasteiger partial charge is 0.362 e. The molecule has 0 aromatic carbocycles. The Morgan fingerprint density at radius 2 is 0.818 bits per heavy atom. The summed E-state index contributed by atoms with van der Waals surface area (Å²) in [5, 5.41) is 9.65. The molecule has 66 heavy (non-hydrogen) atoms. The second kappa shape index (κ2) is 47.0. The second-order valence-electron chi connectivity index (χ2n) is 17.3. The molecule has 0 spiro atoms. The topological polar surface area (TPSA) is 99.1 Å². The van der Waals surface area contributed by atoms with E-state index in [2.05, 4.69) is 148 Å². The molecule has 0 aromatic rings. The van der Waals surface area contributed by atoms with E-state index < -0.39 is 18.1 Å². The first-order valence-corrected chi connectivity index (χ1v) is 25.2. The fraction of sp³-hybridized carbons (Fsp3) is 0.569. The summed E-state index contributed by atoms with van der Waals surface area (Å²) in [6.07, 6.45) is 67.9. The molecule has 0 aliphatic heterocycles. The van der Waals surface area contributed by atoms with Crippen molar-refractivity contribution in [3.63, 3.8) is 0 Å². The van der Waals surface area contributed by atoms with Crippen molar-refractivity contribution in [3.8, 4) is 0 Å². The molecule has 0 rings (SSSR count). The number of aliphatic carboxylic acids is 1. The van der Waals surface area contributed by atoms with Crippen LogP contribution in [0.4, 0.5) is 0 Å². The highest BCUT2D eigenvalue weighted by Gasteiger charge is 2.31. The molecular weight excluding hydrogens is 823 g/mol. The van der Waals surface area contributed by atoms with E-state index in [0.29, 0.717) is 19.3 Å². The van der Waals surface area contributed by atoms with Crippen LogP contribution in [-0.2, 0) is 28.6 Å². The van der Waals surface area contributed by atoms with Crippen LogP contribution < -0.4 is 0 Å². The number of esters is 2. The lowest BCUT2D eigenvalue weighted by Gasteiger charge is -2.31. The first-order valence-electron chi connectivity index (χ1n) is 25.2. The maximum absolute atomic E-state index is 12.8. The van der Waals surface area contributed by atoms with Gasteiger partial charge in [0, 0.05) is 19.3 Å². The van der Waals surface area contributed by atoms with Gasteiger partial charge in [-0.3, -0.25) is 9.59 Å². The fourth-order valence-electron chi connectivity index (χ4n) is 6.48. The number of quaternary nitrogens is 1. The van der Waals surface area contributed by atoms with Gasteiger partial charge < -0.3 is 23.8 Å². The van der Waals surface area contributed by atoms with E-state index in [1.807, 2.05) is 21.1 Å². The Kier molecular flexibility index (Phi) is 43.8. The van der Waals surface area contributed by atoms with Crippen molar-refractivity contribution in [2.45, 2.75) is 174 Å². The van der Waals surface area contributed by atoms with Crippen molar-refractivity contribution < 1.29 is 38.2 Å². The number of rotatable bonds is 43. The molecule has 0 saturated carbocycles. The quantitative estimate of drug-likeness (QED) is 0.0281. The van der Waals surface area contributed by atoms with Crippen LogP contribution in [0.25, 0.3) is 0 Å². The molecule has 0 saturated heterocycles. The highest BCUT2D eigenvalue weighted by atomic mass is 16.6. The van der Waals surface area contributed by atoms with Gasteiger partial charge >= 0.3 is 17.9 Å². The third-order valence-electron chi connectivity index (χ3n) is 10.3. The SMILES string of the molecule is CC/C=C/C/C=C/C/C=C/C/C=C/C/C=C/C/C=C/C/C=C/CCCC(=O)OC(COCCC(C(=O)O)[N+](C)(C)C)COC(=O)CCCCCCCC/C=C/C/C=C/C/C=C/C/C=C/CC. The van der Waals surface area contributed by atoms with E-state index in [9.17, 15) is 19.5 Å². The van der Waals surface area contributed by atoms with Crippen molar-refractivity contribution in [2.75, 3.05) is 41.0 Å². The minimum absolute atomic E-state index is 0.0231. The maximum atomic E-state index is 12.8. The van der Waals surface area contributed by atoms with Crippen molar-refractivity contribution >= 4 is 17.9 Å². The minimum Gasteiger partial charge on any atom is -0.477 e. The van der Waals surface area contributed by atoms with E-state index in [1.165, 1.54) is 12.8 Å². The Morgan fingerprint density at radius 1 is 0.455 bits per heavy atom. The highest BCUT2D eigenvalue weighted by Crippen LogP contribution is 2.12. The standard InChI is InChI=1S/C58H91NO7/c1-6-8-10-12-14-16-18-20-22-24-26-27-28-29-31-33-35-37-39-41-43-45-47-49-57(61)66-54(52-64-51-50-55(58(62)63)59(3,4)5)53-65-56(60)48-46-44-42-40-38-36-34-32-30-25-23-21-19-17-15-13-11-9-7-2/h8-11,14-17,20-23,26-27,29-32,35,37,41,43,54-55H,6-7,12-13,18-19,24-25,28,33-34,36,38-40,42,44-53H2,1-5H3/p+1/b10-8+,11-9+,16-14+,17-15+,22-20+,23-21+,27-26+,31-29+,32-30+,37-35+,43-41+. The summed E-state index contributed by atoms with van der Waals surface area (Å²) in [6, 6.07) is -0.637. The van der Waals surface area contributed by atoms with Gasteiger partial charge in [0.05, 0.1) is 34.4 Å². The summed E-state index contributed by atoms with van der Waals surface area (Å²) in [5.41, 5.74) is 0. The van der Waals surface area contributed by atoms with Crippen molar-refractivity contribution in [3.05, 3.63) is 134 Å². The Morgan fingerprint density at radius 3 is 1.23 bits per heavy atom. The number of nitrogens with zero attached hydrogens (tertiary/aromatic N) is 1. The van der Waals surface area contributed by atoms with Gasteiger partial charge in [-0.15, -0.1) is 0 Å². The van der Waals surface area contributed by atoms with Crippen LogP contribution in [0.2, 0.25) is 0 Å². The first kappa shape index (κ1) is 61.5. The van der Waals surface area contributed by atoms with Crippen LogP contribution in [-0.4, -0.2) is 80.6 Å². The first-order chi connectivity index (χ1) is 32.1. The number of hydrogen-bond donors (Lipinski definition) is 1. The molecule has 0 amide bonds. The fourth-order valence-corrected chi connectivity index (χ4v) is 6.48. The Balaban J connectivity index is 4.44. The average molecular weight is 915 g/mol. The van der Waals surface area contributed by atoms with Gasteiger partial charge in [0.25, 0.3) is 0 Å². The molecule has 8 heteroatoms. The molecule has 0 bridgehead atoms. The van der Waals surface area contributed by atoms with Gasteiger partial charge in [-0.1, -0.05) is 173 Å². The maximum Gasteiger partial charge on any atom is 0.362 e. The summed E-state index contributed by atoms with van der Waals surface area (Å²) in [5.74, 6) is -1.58. The van der Waals surface area contributed by atoms with Gasteiger partial charge in [-0.2, -0.15) is 0 Å². The number of ether oxygens (including phenoxy) is 3. The number of carboxylic acid groups (broad SMARTS) is 1. The van der Waals surface area contributed by atoms with E-state index in [4.69, 9.17) is 14.2 Å². The summed E-state index contributed by atoms with van der Waals surface area (Å²) >= 11 is 0. The predicted octanol–water partition coefficient (Wildman–Crippen LogP) is 14.7. The lowest BCUT2D eigenvalue weighted by molar-refractivity contribution is -0.887. The highest BCUT2D eigenvalue weighted by molar-refractivity contribution is 5.72. The largest absolute Gasteiger partial charge is 0.477 e. The monoisotopic (exact) mass is 915 g/mol. The van der Waals surface area contributed by atoms with E-state index in [0.717, 1.165) is 109 Å². The second-order valence-corrected chi connectivity index (χ2v) is 17.3. The lowest BCUT2D eigenvalue weighted by Crippen LogP contribution is -2.50. The van der Waals surface area contributed by atoms with Crippen LogP contribution in [0.3, 0.4) is 0 Å². The van der Waals surface area contributed by atoms with Crippen molar-refractivity contribution in [1.29, 1.82) is 0 Å². The van der Waals surface area contributed by atoms with Crippen LogP contribution in [0, 0.1) is 0 Å². The molecule has 8 nitrogen and oxygen atoms in total. The lowest BCUT2D eigenvalue weighted by atomic mass is 10.1. The third-order valence-corrected chi connectivity index (χ3v) is 10.3. The number of hydrogen-bond acceptors (Lipinski definition) is 6. The van der Waals surface area contributed by atoms with Gasteiger partial charge in [0.1, 0.15) is 6.61 Å². The van der Waals surface area contributed by atoms with E-state index >= 15 is 0 Å². The van der Waals surface area contributed by atoms with Crippen molar-refractivity contribution in [1.82, 2.24) is 0 Å². The van der Waals surface area contributed by atoms with Crippen LogP contribution in [0.5, 0.6) is 0 Å². The molecule has 2 atom stereocenters. The molecular formula is C58H92NO7+. The van der Waals surface area contributed by atoms with Gasteiger partial charge in [-0.05, 0) is 103 Å². The summed E-state index contributed by atoms with van der Waals surface area (Å²) in [7, 11) is 5.49. The summed E-state index contributed by atoms with van der Waals surface area (Å²) in [4.78, 5) is 37.1. The number of carbonyl (C=O) groups is 3. The molecule has 0 radical (unpaired) electrons. The van der Waals surface area contributed by atoms with E-state index in [-0.39, 0.29) is 42.7 Å². The predicted molar refractivity (Wildman–Crippen MR) is 279 cm³/mol. The summed E-state index contributed by atoms with van der Waals surface area (Å²) in [6.45, 7) is 4.41. The van der Waals surface area contributed by atoms with Crippen LogP contribution >= 0.6 is 0 Å². The molecule has 0 aromatic heterocycles. The Hall–Kier alpha value is -4.53. The number of allylic oxidation sites excluding steroid dienone is 22. The van der Waals surface area contributed by atoms with Gasteiger partial charge in [0.15, 0.2) is 12.1 Å².